The van der Waals surface area contributed by atoms with Crippen LogP contribution in [0.4, 0.5) is 0 Å². The van der Waals surface area contributed by atoms with Gasteiger partial charge in [-0.25, -0.2) is 0 Å². The van der Waals surface area contributed by atoms with Gasteiger partial charge in [0, 0.05) is 12.8 Å². The molecule has 0 aliphatic carbocycles. The van der Waals surface area contributed by atoms with Crippen molar-refractivity contribution in [1.29, 1.82) is 0 Å². The second kappa shape index (κ2) is 9.21. The van der Waals surface area contributed by atoms with Crippen LogP contribution in [-0.2, 0) is 11.3 Å². The van der Waals surface area contributed by atoms with Crippen LogP contribution < -0.4 is 0 Å². The second-order valence-corrected chi connectivity index (χ2v) is 5.09. The van der Waals surface area contributed by atoms with Crippen LogP contribution >= 0.6 is 0 Å². The number of ether oxygens (including phenoxy) is 1. The molecule has 0 saturated heterocycles. The van der Waals surface area contributed by atoms with Gasteiger partial charge in [0.2, 0.25) is 0 Å². The third kappa shape index (κ3) is 6.43. The molecule has 2 nitrogen and oxygen atoms in total. The number of aliphatic hydroxyl groups is 1. The largest absolute Gasteiger partial charge is 0.393 e. The molecule has 1 aromatic rings. The first-order valence-corrected chi connectivity index (χ1v) is 6.88. The van der Waals surface area contributed by atoms with E-state index < -0.39 is 6.10 Å². The Morgan fingerprint density at radius 3 is 2.50 bits per heavy atom. The van der Waals surface area contributed by atoms with Crippen LogP contribution in [0.1, 0.15) is 31.7 Å². The van der Waals surface area contributed by atoms with Crippen LogP contribution in [0.2, 0.25) is 0 Å². The number of aliphatic hydroxyl groups excluding tert-OH is 1. The maximum absolute atomic E-state index is 10.0. The Morgan fingerprint density at radius 2 is 1.90 bits per heavy atom. The standard InChI is InChI=1S/C18H22O2/c1-4-9-15(3)12-17(19)13-18(5-2)20-14-16-10-7-6-8-11-16/h1-2,6-8,10-11,15,17-19H,9,12-14H2,3H3/t15-,17+,18?/m0/s1. The number of hydrogen-bond donors (Lipinski definition) is 1. The van der Waals surface area contributed by atoms with Crippen LogP contribution in [0.3, 0.4) is 0 Å². The van der Waals surface area contributed by atoms with E-state index in [0.717, 1.165) is 5.56 Å². The van der Waals surface area contributed by atoms with Gasteiger partial charge >= 0.3 is 0 Å². The molecule has 1 rings (SSSR count). The van der Waals surface area contributed by atoms with Crippen LogP contribution in [0, 0.1) is 30.6 Å². The molecular weight excluding hydrogens is 248 g/mol. The highest BCUT2D eigenvalue weighted by atomic mass is 16.5. The molecule has 1 N–H and O–H groups in total. The molecule has 0 radical (unpaired) electrons. The van der Waals surface area contributed by atoms with Crippen molar-refractivity contribution in [1.82, 2.24) is 0 Å². The molecule has 0 amide bonds. The highest BCUT2D eigenvalue weighted by molar-refractivity contribution is 5.13. The molecule has 3 atom stereocenters. The smallest absolute Gasteiger partial charge is 0.120 e. The van der Waals surface area contributed by atoms with Crippen LogP contribution in [0.15, 0.2) is 30.3 Å². The number of hydrogen-bond acceptors (Lipinski definition) is 2. The van der Waals surface area contributed by atoms with Gasteiger partial charge in [0.25, 0.3) is 0 Å². The molecule has 20 heavy (non-hydrogen) atoms. The minimum absolute atomic E-state index is 0.294. The van der Waals surface area contributed by atoms with E-state index in [1.807, 2.05) is 37.3 Å². The van der Waals surface area contributed by atoms with E-state index in [9.17, 15) is 5.11 Å². The van der Waals surface area contributed by atoms with Gasteiger partial charge in [0.05, 0.1) is 12.7 Å². The van der Waals surface area contributed by atoms with Crippen molar-refractivity contribution in [2.24, 2.45) is 5.92 Å². The monoisotopic (exact) mass is 270 g/mol. The molecule has 0 heterocycles. The van der Waals surface area contributed by atoms with Crippen molar-refractivity contribution in [3.63, 3.8) is 0 Å². The summed E-state index contributed by atoms with van der Waals surface area (Å²) in [5.41, 5.74) is 1.07. The molecule has 0 aromatic heterocycles. The zero-order chi connectivity index (χ0) is 14.8. The lowest BCUT2D eigenvalue weighted by Gasteiger charge is -2.18. The van der Waals surface area contributed by atoms with E-state index in [2.05, 4.69) is 11.8 Å². The fraction of sp³-hybridized carbons (Fsp3) is 0.444. The van der Waals surface area contributed by atoms with Gasteiger partial charge < -0.3 is 9.84 Å². The van der Waals surface area contributed by atoms with E-state index in [1.54, 1.807) is 0 Å². The van der Waals surface area contributed by atoms with Crippen molar-refractivity contribution >= 4 is 0 Å². The van der Waals surface area contributed by atoms with Gasteiger partial charge in [0.15, 0.2) is 0 Å². The summed E-state index contributed by atoms with van der Waals surface area (Å²) in [5, 5.41) is 10.0. The first-order chi connectivity index (χ1) is 9.65. The Labute approximate surface area is 122 Å². The molecule has 2 heteroatoms. The summed E-state index contributed by atoms with van der Waals surface area (Å²) in [4.78, 5) is 0. The summed E-state index contributed by atoms with van der Waals surface area (Å²) < 4.78 is 5.65. The maximum Gasteiger partial charge on any atom is 0.120 e. The van der Waals surface area contributed by atoms with Gasteiger partial charge in [-0.3, -0.25) is 0 Å². The Balaban J connectivity index is 2.36. The minimum Gasteiger partial charge on any atom is -0.393 e. The van der Waals surface area contributed by atoms with E-state index >= 15 is 0 Å². The second-order valence-electron chi connectivity index (χ2n) is 5.09. The Bertz CT molecular complexity index is 453. The normalized spacial score (nSPS) is 14.8. The summed E-state index contributed by atoms with van der Waals surface area (Å²) in [6.07, 6.45) is 11.6. The Hall–Kier alpha value is -1.74. The van der Waals surface area contributed by atoms with E-state index in [1.165, 1.54) is 0 Å². The van der Waals surface area contributed by atoms with E-state index in [0.29, 0.717) is 31.8 Å². The molecule has 0 aliphatic heterocycles. The summed E-state index contributed by atoms with van der Waals surface area (Å²) in [7, 11) is 0. The van der Waals surface area contributed by atoms with Gasteiger partial charge in [-0.2, -0.15) is 0 Å². The summed E-state index contributed by atoms with van der Waals surface area (Å²) >= 11 is 0. The Morgan fingerprint density at radius 1 is 1.20 bits per heavy atom. The topological polar surface area (TPSA) is 29.5 Å². The molecule has 0 spiro atoms. The number of benzene rings is 1. The third-order valence-electron chi connectivity index (χ3n) is 3.11. The van der Waals surface area contributed by atoms with Gasteiger partial charge in [0.1, 0.15) is 6.10 Å². The van der Waals surface area contributed by atoms with Crippen molar-refractivity contribution < 1.29 is 9.84 Å². The molecule has 0 aliphatic rings. The fourth-order valence-corrected chi connectivity index (χ4v) is 2.05. The molecule has 0 fully saturated rings. The van der Waals surface area contributed by atoms with Gasteiger partial charge in [-0.15, -0.1) is 18.8 Å². The zero-order valence-corrected chi connectivity index (χ0v) is 12.0. The molecule has 0 bridgehead atoms. The molecule has 106 valence electrons. The van der Waals surface area contributed by atoms with Gasteiger partial charge in [-0.1, -0.05) is 43.2 Å². The van der Waals surface area contributed by atoms with Crippen molar-refractivity contribution in [3.05, 3.63) is 35.9 Å². The highest BCUT2D eigenvalue weighted by Gasteiger charge is 2.15. The summed E-state index contributed by atoms with van der Waals surface area (Å²) in [6.45, 7) is 2.49. The molecular formula is C18H22O2. The average Bonchev–Trinajstić information content (AvgIpc) is 2.44. The predicted molar refractivity (Wildman–Crippen MR) is 81.7 cm³/mol. The SMILES string of the molecule is C#CC[C@H](C)C[C@@H](O)CC(C#C)OCc1ccccc1. The maximum atomic E-state index is 10.0. The lowest BCUT2D eigenvalue weighted by Crippen LogP contribution is -2.21. The first-order valence-electron chi connectivity index (χ1n) is 6.88. The van der Waals surface area contributed by atoms with Crippen LogP contribution in [0.25, 0.3) is 0 Å². The summed E-state index contributed by atoms with van der Waals surface area (Å²) in [6, 6.07) is 9.84. The molecule has 0 saturated carbocycles. The van der Waals surface area contributed by atoms with Gasteiger partial charge in [-0.05, 0) is 17.9 Å². The average molecular weight is 270 g/mol. The van der Waals surface area contributed by atoms with Crippen LogP contribution in [0.5, 0.6) is 0 Å². The first kappa shape index (κ1) is 16.3. The lowest BCUT2D eigenvalue weighted by molar-refractivity contribution is 0.0296. The zero-order valence-electron chi connectivity index (χ0n) is 12.0. The Kier molecular flexibility index (Phi) is 7.51. The van der Waals surface area contributed by atoms with E-state index in [-0.39, 0.29) is 6.10 Å². The quantitative estimate of drug-likeness (QED) is 0.736. The van der Waals surface area contributed by atoms with Crippen molar-refractivity contribution in [3.8, 4) is 24.7 Å². The number of terminal acetylenes is 2. The van der Waals surface area contributed by atoms with Crippen molar-refractivity contribution in [2.45, 2.75) is 45.0 Å². The lowest BCUT2D eigenvalue weighted by atomic mass is 9.97. The molecule has 1 aromatic carbocycles. The van der Waals surface area contributed by atoms with Crippen LogP contribution in [-0.4, -0.2) is 17.3 Å². The van der Waals surface area contributed by atoms with E-state index in [4.69, 9.17) is 17.6 Å². The molecule has 1 unspecified atom stereocenters. The predicted octanol–water partition coefficient (Wildman–Crippen LogP) is 3.01. The minimum atomic E-state index is -0.477. The fourth-order valence-electron chi connectivity index (χ4n) is 2.05. The number of rotatable bonds is 8. The third-order valence-corrected chi connectivity index (χ3v) is 3.11. The highest BCUT2D eigenvalue weighted by Crippen LogP contribution is 2.15. The summed E-state index contributed by atoms with van der Waals surface area (Å²) in [5.74, 6) is 5.48. The van der Waals surface area contributed by atoms with Crippen molar-refractivity contribution in [2.75, 3.05) is 0 Å².